The molecule has 1 N–H and O–H groups in total. The monoisotopic (exact) mass is 390 g/mol. The Kier molecular flexibility index (Phi) is 9.12. The van der Waals surface area contributed by atoms with E-state index < -0.39 is 5.54 Å². The Balaban J connectivity index is 2.18. The molecule has 1 atom stereocenters. The zero-order valence-corrected chi connectivity index (χ0v) is 17.2. The summed E-state index contributed by atoms with van der Waals surface area (Å²) in [6, 6.07) is 7.76. The summed E-state index contributed by atoms with van der Waals surface area (Å²) in [6.45, 7) is 10.9. The number of benzene rings is 1. The van der Waals surface area contributed by atoms with Gasteiger partial charge in [0, 0.05) is 51.1 Å². The van der Waals surface area contributed by atoms with Gasteiger partial charge in [-0.25, -0.2) is 0 Å². The van der Waals surface area contributed by atoms with Crippen LogP contribution < -0.4 is 4.90 Å². The Labute approximate surface area is 168 Å². The number of rotatable bonds is 12. The van der Waals surface area contributed by atoms with Gasteiger partial charge in [-0.15, -0.1) is 6.58 Å². The second kappa shape index (κ2) is 11.3. The van der Waals surface area contributed by atoms with Gasteiger partial charge >= 0.3 is 0 Å². The van der Waals surface area contributed by atoms with E-state index in [2.05, 4.69) is 16.4 Å². The van der Waals surface area contributed by atoms with Crippen LogP contribution in [0, 0.1) is 0 Å². The van der Waals surface area contributed by atoms with Crippen molar-refractivity contribution in [1.82, 2.24) is 4.90 Å². The second-order valence-electron chi connectivity index (χ2n) is 7.30. The molecule has 1 aliphatic rings. The summed E-state index contributed by atoms with van der Waals surface area (Å²) in [5.74, 6) is 0.111. The smallest absolute Gasteiger partial charge is 0.183 e. The molecule has 0 aliphatic carbocycles. The number of methoxy groups -OCH3 is 1. The van der Waals surface area contributed by atoms with Gasteiger partial charge in [0.05, 0.1) is 25.4 Å². The van der Waals surface area contributed by atoms with E-state index in [-0.39, 0.29) is 12.4 Å². The number of aliphatic hydroxyl groups is 1. The van der Waals surface area contributed by atoms with Crippen molar-refractivity contribution >= 4 is 11.5 Å². The quantitative estimate of drug-likeness (QED) is 0.437. The average Bonchev–Trinajstić information content (AvgIpc) is 2.74. The fourth-order valence-electron chi connectivity index (χ4n) is 3.67. The minimum Gasteiger partial charge on any atom is -0.396 e. The van der Waals surface area contributed by atoms with Crippen molar-refractivity contribution in [2.24, 2.45) is 0 Å². The zero-order chi connectivity index (χ0) is 20.4. The molecule has 28 heavy (non-hydrogen) atoms. The summed E-state index contributed by atoms with van der Waals surface area (Å²) in [4.78, 5) is 17.8. The minimum absolute atomic E-state index is 0.111. The van der Waals surface area contributed by atoms with Gasteiger partial charge in [-0.2, -0.15) is 0 Å². The minimum atomic E-state index is -0.611. The molecule has 1 heterocycles. The third-order valence-corrected chi connectivity index (χ3v) is 5.39. The van der Waals surface area contributed by atoms with Gasteiger partial charge in [-0.1, -0.05) is 6.08 Å². The number of hydrogen-bond acceptors (Lipinski definition) is 6. The molecule has 0 aromatic heterocycles. The molecule has 0 spiro atoms. The molecule has 6 nitrogen and oxygen atoms in total. The first-order valence-electron chi connectivity index (χ1n) is 10.00. The lowest BCUT2D eigenvalue weighted by atomic mass is 9.85. The number of Topliss-reactive ketones (excluding diaryl/α,β-unsaturated/α-hetero) is 1. The average molecular weight is 391 g/mol. The fourth-order valence-corrected chi connectivity index (χ4v) is 3.67. The first-order chi connectivity index (χ1) is 13.6. The van der Waals surface area contributed by atoms with Crippen molar-refractivity contribution in [3.63, 3.8) is 0 Å². The third kappa shape index (κ3) is 5.64. The standard InChI is InChI=1S/C22H34N2O4/c1-4-10-22(2,24-13-17-28-18-14-24)21(26)19-6-8-20(9-7-19)23(11-5-15-25)12-16-27-3/h4,6-9,25H,1,5,10-18H2,2-3H3. The second-order valence-corrected chi connectivity index (χ2v) is 7.30. The molecule has 1 unspecified atom stereocenters. The molecule has 1 aromatic rings. The van der Waals surface area contributed by atoms with E-state index in [9.17, 15) is 4.79 Å². The number of carbonyl (C=O) groups excluding carboxylic acids is 1. The number of ketones is 1. The normalized spacial score (nSPS) is 17.1. The van der Waals surface area contributed by atoms with Gasteiger partial charge in [-0.05, 0) is 44.0 Å². The molecule has 2 rings (SSSR count). The van der Waals surface area contributed by atoms with Gasteiger partial charge in [-0.3, -0.25) is 9.69 Å². The van der Waals surface area contributed by atoms with Crippen LogP contribution in [0.2, 0.25) is 0 Å². The Morgan fingerprint density at radius 2 is 2.00 bits per heavy atom. The number of carbonyl (C=O) groups is 1. The van der Waals surface area contributed by atoms with Gasteiger partial charge in [0.25, 0.3) is 0 Å². The largest absolute Gasteiger partial charge is 0.396 e. The fraction of sp³-hybridized carbons (Fsp3) is 0.591. The summed E-state index contributed by atoms with van der Waals surface area (Å²) >= 11 is 0. The van der Waals surface area contributed by atoms with E-state index in [4.69, 9.17) is 14.6 Å². The number of hydrogen-bond donors (Lipinski definition) is 1. The Morgan fingerprint density at radius 3 is 2.57 bits per heavy atom. The molecule has 6 heteroatoms. The highest BCUT2D eigenvalue weighted by molar-refractivity contribution is 6.03. The van der Waals surface area contributed by atoms with Gasteiger partial charge in [0.1, 0.15) is 0 Å². The lowest BCUT2D eigenvalue weighted by molar-refractivity contribution is -0.00871. The van der Waals surface area contributed by atoms with E-state index in [1.807, 2.05) is 37.3 Å². The lowest BCUT2D eigenvalue weighted by Crippen LogP contribution is -2.56. The molecule has 1 aliphatic heterocycles. The predicted octanol–water partition coefficient (Wildman–Crippen LogP) is 2.37. The number of morpholine rings is 1. The highest BCUT2D eigenvalue weighted by Gasteiger charge is 2.39. The predicted molar refractivity (Wildman–Crippen MR) is 112 cm³/mol. The van der Waals surface area contributed by atoms with E-state index in [1.54, 1.807) is 7.11 Å². The van der Waals surface area contributed by atoms with Gasteiger partial charge in [0.2, 0.25) is 0 Å². The van der Waals surface area contributed by atoms with Crippen LogP contribution in [0.3, 0.4) is 0 Å². The van der Waals surface area contributed by atoms with Crippen molar-refractivity contribution in [2.45, 2.75) is 25.3 Å². The maximum Gasteiger partial charge on any atom is 0.183 e. The van der Waals surface area contributed by atoms with Crippen LogP contribution in [0.25, 0.3) is 0 Å². The molecule has 1 saturated heterocycles. The maximum absolute atomic E-state index is 13.4. The van der Waals surface area contributed by atoms with Crippen molar-refractivity contribution in [3.8, 4) is 0 Å². The molecule has 0 bridgehead atoms. The Morgan fingerprint density at radius 1 is 1.32 bits per heavy atom. The van der Waals surface area contributed by atoms with Crippen LogP contribution in [-0.2, 0) is 9.47 Å². The Hall–Kier alpha value is -1.73. The van der Waals surface area contributed by atoms with Crippen molar-refractivity contribution in [1.29, 1.82) is 0 Å². The van der Waals surface area contributed by atoms with E-state index >= 15 is 0 Å². The number of ether oxygens (including phenoxy) is 2. The van der Waals surface area contributed by atoms with Crippen molar-refractivity contribution < 1.29 is 19.4 Å². The molecule has 0 radical (unpaired) electrons. The number of aliphatic hydroxyl groups excluding tert-OH is 1. The van der Waals surface area contributed by atoms with Crippen LogP contribution in [0.5, 0.6) is 0 Å². The van der Waals surface area contributed by atoms with Crippen LogP contribution in [-0.4, -0.2) is 81.0 Å². The molecular formula is C22H34N2O4. The van der Waals surface area contributed by atoms with Gasteiger partial charge < -0.3 is 19.5 Å². The summed E-state index contributed by atoms with van der Waals surface area (Å²) in [7, 11) is 1.68. The molecule has 0 amide bonds. The molecule has 1 fully saturated rings. The maximum atomic E-state index is 13.4. The van der Waals surface area contributed by atoms with Crippen LogP contribution >= 0.6 is 0 Å². The summed E-state index contributed by atoms with van der Waals surface area (Å²) in [5.41, 5.74) is 1.12. The molecule has 0 saturated carbocycles. The highest BCUT2D eigenvalue weighted by atomic mass is 16.5. The molecule has 156 valence electrons. The van der Waals surface area contributed by atoms with Crippen LogP contribution in [0.1, 0.15) is 30.1 Å². The van der Waals surface area contributed by atoms with E-state index in [1.165, 1.54) is 0 Å². The van der Waals surface area contributed by atoms with Crippen molar-refractivity contribution in [2.75, 3.05) is 64.6 Å². The summed E-state index contributed by atoms with van der Waals surface area (Å²) in [6.07, 6.45) is 3.12. The molecular weight excluding hydrogens is 356 g/mol. The highest BCUT2D eigenvalue weighted by Crippen LogP contribution is 2.27. The number of anilines is 1. The number of nitrogens with zero attached hydrogens (tertiary/aromatic N) is 2. The zero-order valence-electron chi connectivity index (χ0n) is 17.2. The van der Waals surface area contributed by atoms with Crippen LogP contribution in [0.15, 0.2) is 36.9 Å². The van der Waals surface area contributed by atoms with E-state index in [0.29, 0.717) is 38.2 Å². The Bertz CT molecular complexity index is 605. The third-order valence-electron chi connectivity index (χ3n) is 5.39. The lowest BCUT2D eigenvalue weighted by Gasteiger charge is -2.41. The van der Waals surface area contributed by atoms with Crippen molar-refractivity contribution in [3.05, 3.63) is 42.5 Å². The first kappa shape index (κ1) is 22.6. The first-order valence-corrected chi connectivity index (χ1v) is 10.00. The molecule has 1 aromatic carbocycles. The van der Waals surface area contributed by atoms with Gasteiger partial charge in [0.15, 0.2) is 5.78 Å². The van der Waals surface area contributed by atoms with E-state index in [0.717, 1.165) is 31.9 Å². The summed E-state index contributed by atoms with van der Waals surface area (Å²) in [5, 5.41) is 9.14. The topological polar surface area (TPSA) is 62.2 Å². The summed E-state index contributed by atoms with van der Waals surface area (Å²) < 4.78 is 10.6. The SMILES string of the molecule is C=CCC(C)(C(=O)c1ccc(N(CCCO)CCOC)cc1)N1CCOCC1. The van der Waals surface area contributed by atoms with Crippen LogP contribution in [0.4, 0.5) is 5.69 Å².